The Kier molecular flexibility index (Phi) is 6.28. The molecule has 0 spiro atoms. The quantitative estimate of drug-likeness (QED) is 0.591. The van der Waals surface area contributed by atoms with Crippen molar-refractivity contribution in [3.05, 3.63) is 88.9 Å². The Morgan fingerprint density at radius 1 is 0.808 bits per heavy atom. The van der Waals surface area contributed by atoms with Gasteiger partial charge in [0.05, 0.1) is 0 Å². The maximum atomic E-state index is 12.0. The van der Waals surface area contributed by atoms with Gasteiger partial charge in [0.2, 0.25) is 0 Å². The largest absolute Gasteiger partial charge is 0.489 e. The van der Waals surface area contributed by atoms with Crippen LogP contribution in [0.15, 0.2) is 83.3 Å². The minimum atomic E-state index is -0.217. The molecule has 0 heterocycles. The summed E-state index contributed by atoms with van der Waals surface area (Å²) in [5, 5.41) is 2.80. The van der Waals surface area contributed by atoms with Crippen LogP contribution in [0.3, 0.4) is 0 Å². The van der Waals surface area contributed by atoms with Gasteiger partial charge in [-0.2, -0.15) is 0 Å². The van der Waals surface area contributed by atoms with E-state index in [0.29, 0.717) is 18.0 Å². The van der Waals surface area contributed by atoms with Gasteiger partial charge in [0, 0.05) is 10.2 Å². The van der Waals surface area contributed by atoms with Gasteiger partial charge in [-0.15, -0.1) is 0 Å². The van der Waals surface area contributed by atoms with Gasteiger partial charge in [0.25, 0.3) is 5.91 Å². The zero-order valence-electron chi connectivity index (χ0n) is 14.0. The molecule has 3 rings (SSSR count). The molecule has 1 N–H and O–H groups in total. The SMILES string of the molecule is O=C(COc1ccc(Br)cc1)Nc1ccc(OCc2ccccc2)cc1. The lowest BCUT2D eigenvalue weighted by Gasteiger charge is -2.09. The number of ether oxygens (including phenoxy) is 2. The van der Waals surface area contributed by atoms with Crippen LogP contribution in [0.25, 0.3) is 0 Å². The molecule has 132 valence electrons. The average molecular weight is 412 g/mol. The molecular formula is C21H18BrNO3. The number of amides is 1. The van der Waals surface area contributed by atoms with E-state index in [9.17, 15) is 4.79 Å². The van der Waals surface area contributed by atoms with Crippen LogP contribution in [0.5, 0.6) is 11.5 Å². The molecule has 0 bridgehead atoms. The number of nitrogens with one attached hydrogen (secondary N) is 1. The van der Waals surface area contributed by atoms with Crippen LogP contribution < -0.4 is 14.8 Å². The normalized spacial score (nSPS) is 10.2. The standard InChI is InChI=1S/C21H18BrNO3/c22-17-6-10-19(11-7-17)26-15-21(24)23-18-8-12-20(13-9-18)25-14-16-4-2-1-3-5-16/h1-13H,14-15H2,(H,23,24). The lowest BCUT2D eigenvalue weighted by molar-refractivity contribution is -0.118. The highest BCUT2D eigenvalue weighted by atomic mass is 79.9. The second kappa shape index (κ2) is 9.06. The highest BCUT2D eigenvalue weighted by Gasteiger charge is 2.04. The number of carbonyl (C=O) groups excluding carboxylic acids is 1. The second-order valence-electron chi connectivity index (χ2n) is 5.59. The van der Waals surface area contributed by atoms with Crippen LogP contribution >= 0.6 is 15.9 Å². The average Bonchev–Trinajstić information content (AvgIpc) is 2.68. The van der Waals surface area contributed by atoms with Crippen molar-refractivity contribution in [3.63, 3.8) is 0 Å². The van der Waals surface area contributed by atoms with E-state index in [2.05, 4.69) is 21.2 Å². The number of hydrogen-bond donors (Lipinski definition) is 1. The van der Waals surface area contributed by atoms with Crippen LogP contribution in [0.1, 0.15) is 5.56 Å². The predicted octanol–water partition coefficient (Wildman–Crippen LogP) is 5.05. The molecule has 5 heteroatoms. The van der Waals surface area contributed by atoms with Crippen LogP contribution in [0.4, 0.5) is 5.69 Å². The number of rotatable bonds is 7. The molecule has 0 saturated carbocycles. The summed E-state index contributed by atoms with van der Waals surface area (Å²) in [5.74, 6) is 1.18. The third-order valence-corrected chi connectivity index (χ3v) is 4.10. The molecule has 4 nitrogen and oxygen atoms in total. The number of halogens is 1. The van der Waals surface area contributed by atoms with Gasteiger partial charge in [-0.05, 0) is 54.1 Å². The lowest BCUT2D eigenvalue weighted by atomic mass is 10.2. The summed E-state index contributed by atoms with van der Waals surface area (Å²) >= 11 is 3.35. The minimum absolute atomic E-state index is 0.0477. The molecule has 0 aromatic heterocycles. The van der Waals surface area contributed by atoms with E-state index in [-0.39, 0.29) is 12.5 Å². The summed E-state index contributed by atoms with van der Waals surface area (Å²) in [6.45, 7) is 0.460. The van der Waals surface area contributed by atoms with Gasteiger partial charge in [0.15, 0.2) is 6.61 Å². The maximum absolute atomic E-state index is 12.0. The van der Waals surface area contributed by atoms with E-state index in [4.69, 9.17) is 9.47 Å². The molecule has 0 aliphatic carbocycles. The topological polar surface area (TPSA) is 47.6 Å². The summed E-state index contributed by atoms with van der Waals surface area (Å²) in [4.78, 5) is 12.0. The Bertz CT molecular complexity index is 833. The van der Waals surface area contributed by atoms with E-state index in [0.717, 1.165) is 15.8 Å². The summed E-state index contributed by atoms with van der Waals surface area (Å²) in [5.41, 5.74) is 1.80. The fraction of sp³-hybridized carbons (Fsp3) is 0.0952. The Balaban J connectivity index is 1.45. The third-order valence-electron chi connectivity index (χ3n) is 3.57. The smallest absolute Gasteiger partial charge is 0.262 e. The van der Waals surface area contributed by atoms with E-state index < -0.39 is 0 Å². The summed E-state index contributed by atoms with van der Waals surface area (Å²) in [6, 6.07) is 24.6. The number of carbonyl (C=O) groups is 1. The van der Waals surface area contributed by atoms with Crippen molar-refractivity contribution in [1.82, 2.24) is 0 Å². The molecule has 3 aromatic carbocycles. The Morgan fingerprint density at radius 2 is 1.42 bits per heavy atom. The monoisotopic (exact) mass is 411 g/mol. The van der Waals surface area contributed by atoms with Crippen LogP contribution in [-0.4, -0.2) is 12.5 Å². The number of hydrogen-bond acceptors (Lipinski definition) is 3. The maximum Gasteiger partial charge on any atom is 0.262 e. The first-order valence-electron chi connectivity index (χ1n) is 8.14. The molecule has 3 aromatic rings. The minimum Gasteiger partial charge on any atom is -0.489 e. The molecule has 0 saturated heterocycles. The van der Waals surface area contributed by atoms with Crippen molar-refractivity contribution in [2.24, 2.45) is 0 Å². The van der Waals surface area contributed by atoms with E-state index in [1.54, 1.807) is 24.3 Å². The first-order valence-corrected chi connectivity index (χ1v) is 8.93. The second-order valence-corrected chi connectivity index (χ2v) is 6.51. The van der Waals surface area contributed by atoms with Crippen molar-refractivity contribution in [2.75, 3.05) is 11.9 Å². The van der Waals surface area contributed by atoms with Crippen LogP contribution in [0, 0.1) is 0 Å². The van der Waals surface area contributed by atoms with E-state index >= 15 is 0 Å². The molecule has 0 atom stereocenters. The zero-order valence-corrected chi connectivity index (χ0v) is 15.6. The Labute approximate surface area is 160 Å². The molecule has 26 heavy (non-hydrogen) atoms. The summed E-state index contributed by atoms with van der Waals surface area (Å²) < 4.78 is 12.1. The van der Waals surface area contributed by atoms with Crippen molar-refractivity contribution >= 4 is 27.5 Å². The molecule has 0 aliphatic heterocycles. The highest BCUT2D eigenvalue weighted by molar-refractivity contribution is 9.10. The fourth-order valence-electron chi connectivity index (χ4n) is 2.25. The molecule has 1 amide bonds. The fourth-order valence-corrected chi connectivity index (χ4v) is 2.52. The first kappa shape index (κ1) is 18.0. The van der Waals surface area contributed by atoms with Crippen molar-refractivity contribution in [3.8, 4) is 11.5 Å². The Hall–Kier alpha value is -2.79. The van der Waals surface area contributed by atoms with Gasteiger partial charge < -0.3 is 14.8 Å². The first-order chi connectivity index (χ1) is 12.7. The van der Waals surface area contributed by atoms with Gasteiger partial charge in [0.1, 0.15) is 18.1 Å². The van der Waals surface area contributed by atoms with Gasteiger partial charge in [-0.25, -0.2) is 0 Å². The Morgan fingerprint density at radius 3 is 2.12 bits per heavy atom. The third kappa shape index (κ3) is 5.63. The van der Waals surface area contributed by atoms with Gasteiger partial charge in [-0.1, -0.05) is 46.3 Å². The molecule has 0 aliphatic rings. The van der Waals surface area contributed by atoms with E-state index in [1.807, 2.05) is 54.6 Å². The molecule has 0 unspecified atom stereocenters. The zero-order chi connectivity index (χ0) is 18.2. The van der Waals surface area contributed by atoms with Gasteiger partial charge >= 0.3 is 0 Å². The van der Waals surface area contributed by atoms with Crippen LogP contribution in [-0.2, 0) is 11.4 Å². The number of benzene rings is 3. The van der Waals surface area contributed by atoms with Gasteiger partial charge in [-0.3, -0.25) is 4.79 Å². The van der Waals surface area contributed by atoms with Crippen molar-refractivity contribution in [1.29, 1.82) is 0 Å². The van der Waals surface area contributed by atoms with Crippen molar-refractivity contribution in [2.45, 2.75) is 6.61 Å². The molecular weight excluding hydrogens is 394 g/mol. The highest BCUT2D eigenvalue weighted by Crippen LogP contribution is 2.18. The summed E-state index contributed by atoms with van der Waals surface area (Å²) in [7, 11) is 0. The van der Waals surface area contributed by atoms with Crippen molar-refractivity contribution < 1.29 is 14.3 Å². The molecule has 0 fully saturated rings. The molecule has 0 radical (unpaired) electrons. The number of anilines is 1. The predicted molar refractivity (Wildman–Crippen MR) is 105 cm³/mol. The summed E-state index contributed by atoms with van der Waals surface area (Å²) in [6.07, 6.45) is 0. The van der Waals surface area contributed by atoms with Crippen LogP contribution in [0.2, 0.25) is 0 Å². The van der Waals surface area contributed by atoms with E-state index in [1.165, 1.54) is 0 Å². The lowest BCUT2D eigenvalue weighted by Crippen LogP contribution is -2.20.